The molecule has 4 nitrogen and oxygen atoms in total. The number of aromatic nitrogens is 1. The molecular weight excluding hydrogens is 345 g/mol. The van der Waals surface area contributed by atoms with Gasteiger partial charge in [-0.05, 0) is 42.5 Å². The van der Waals surface area contributed by atoms with Crippen LogP contribution in [-0.2, 0) is 13.0 Å². The van der Waals surface area contributed by atoms with Gasteiger partial charge in [0.15, 0.2) is 5.76 Å². The molecule has 0 N–H and O–H groups in total. The van der Waals surface area contributed by atoms with Crippen LogP contribution in [0.15, 0.2) is 47.0 Å². The van der Waals surface area contributed by atoms with E-state index >= 15 is 0 Å². The molecule has 2 aromatic carbocycles. The van der Waals surface area contributed by atoms with Gasteiger partial charge in [0, 0.05) is 24.1 Å². The molecule has 0 aliphatic carbocycles. The summed E-state index contributed by atoms with van der Waals surface area (Å²) < 4.78 is 45.8. The van der Waals surface area contributed by atoms with Gasteiger partial charge in [0.1, 0.15) is 17.5 Å². The molecule has 4 rings (SSSR count). The van der Waals surface area contributed by atoms with Crippen molar-refractivity contribution < 1.29 is 22.5 Å². The van der Waals surface area contributed by atoms with Crippen molar-refractivity contribution in [1.29, 1.82) is 0 Å². The molecule has 0 unspecified atom stereocenters. The fraction of sp³-hybridized carbons (Fsp3) is 0.158. The van der Waals surface area contributed by atoms with Crippen LogP contribution in [0, 0.1) is 17.5 Å². The Labute approximate surface area is 146 Å². The van der Waals surface area contributed by atoms with Gasteiger partial charge in [0.05, 0.1) is 17.8 Å². The van der Waals surface area contributed by atoms with Crippen LogP contribution in [0.3, 0.4) is 0 Å². The maximum Gasteiger partial charge on any atom is 0.257 e. The fourth-order valence-electron chi connectivity index (χ4n) is 3.05. The largest absolute Gasteiger partial charge is 0.356 e. The van der Waals surface area contributed by atoms with E-state index in [0.717, 1.165) is 18.2 Å². The quantitative estimate of drug-likeness (QED) is 0.697. The van der Waals surface area contributed by atoms with E-state index < -0.39 is 17.5 Å². The molecule has 3 aromatic rings. The molecule has 1 amide bonds. The molecule has 132 valence electrons. The van der Waals surface area contributed by atoms with E-state index in [1.807, 2.05) is 0 Å². The average Bonchev–Trinajstić information content (AvgIpc) is 3.07. The van der Waals surface area contributed by atoms with Gasteiger partial charge < -0.3 is 9.42 Å². The molecule has 0 saturated heterocycles. The first kappa shape index (κ1) is 16.4. The van der Waals surface area contributed by atoms with Crippen LogP contribution < -0.4 is 0 Å². The zero-order chi connectivity index (χ0) is 18.3. The minimum Gasteiger partial charge on any atom is -0.356 e. The number of benzene rings is 2. The first-order valence-corrected chi connectivity index (χ1v) is 8.00. The van der Waals surface area contributed by atoms with E-state index in [4.69, 9.17) is 4.52 Å². The first-order valence-electron chi connectivity index (χ1n) is 8.00. The van der Waals surface area contributed by atoms with Crippen molar-refractivity contribution in [2.45, 2.75) is 13.0 Å². The Hall–Kier alpha value is -3.09. The predicted molar refractivity (Wildman–Crippen MR) is 86.7 cm³/mol. The second kappa shape index (κ2) is 6.33. The standard InChI is InChI=1S/C19H13F3N2O2/c20-12-3-1-11(2-4-12)18-15-10-24(8-7-17(15)23-26-18)19(25)14-9-13(21)5-6-16(14)22/h1-6,9H,7-8,10H2. The molecule has 1 aliphatic rings. The van der Waals surface area contributed by atoms with Crippen molar-refractivity contribution in [1.82, 2.24) is 10.1 Å². The van der Waals surface area contributed by atoms with Crippen LogP contribution >= 0.6 is 0 Å². The van der Waals surface area contributed by atoms with Crippen LogP contribution in [-0.4, -0.2) is 22.5 Å². The van der Waals surface area contributed by atoms with Crippen molar-refractivity contribution in [3.63, 3.8) is 0 Å². The normalized spacial score (nSPS) is 13.6. The Kier molecular flexibility index (Phi) is 3.99. The highest BCUT2D eigenvalue weighted by molar-refractivity contribution is 5.94. The minimum atomic E-state index is -0.772. The number of rotatable bonds is 2. The molecule has 2 heterocycles. The molecular formula is C19H13F3N2O2. The lowest BCUT2D eigenvalue weighted by Crippen LogP contribution is -2.36. The number of hydrogen-bond donors (Lipinski definition) is 0. The van der Waals surface area contributed by atoms with E-state index in [-0.39, 0.29) is 17.9 Å². The van der Waals surface area contributed by atoms with Gasteiger partial charge in [-0.3, -0.25) is 4.79 Å². The van der Waals surface area contributed by atoms with Crippen LogP contribution in [0.5, 0.6) is 0 Å². The molecule has 0 radical (unpaired) electrons. The summed E-state index contributed by atoms with van der Waals surface area (Å²) in [7, 11) is 0. The molecule has 0 spiro atoms. The lowest BCUT2D eigenvalue weighted by Gasteiger charge is -2.26. The van der Waals surface area contributed by atoms with E-state index in [9.17, 15) is 18.0 Å². The van der Waals surface area contributed by atoms with E-state index in [1.165, 1.54) is 17.0 Å². The first-order chi connectivity index (χ1) is 12.5. The zero-order valence-electron chi connectivity index (χ0n) is 13.5. The van der Waals surface area contributed by atoms with Gasteiger partial charge in [-0.15, -0.1) is 0 Å². The summed E-state index contributed by atoms with van der Waals surface area (Å²) >= 11 is 0. The summed E-state index contributed by atoms with van der Waals surface area (Å²) in [4.78, 5) is 14.0. The Balaban J connectivity index is 1.65. The Bertz CT molecular complexity index is 983. The molecule has 0 fully saturated rings. The number of hydrogen-bond acceptors (Lipinski definition) is 3. The molecule has 26 heavy (non-hydrogen) atoms. The number of carbonyl (C=O) groups excluding carboxylic acids is 1. The van der Waals surface area contributed by atoms with E-state index in [0.29, 0.717) is 35.5 Å². The Morgan fingerprint density at radius 2 is 1.77 bits per heavy atom. The molecule has 0 saturated carbocycles. The van der Waals surface area contributed by atoms with Gasteiger partial charge in [0.25, 0.3) is 5.91 Å². The van der Waals surface area contributed by atoms with Gasteiger partial charge in [-0.25, -0.2) is 13.2 Å². The molecule has 1 aliphatic heterocycles. The van der Waals surface area contributed by atoms with E-state index in [2.05, 4.69) is 5.16 Å². The van der Waals surface area contributed by atoms with Gasteiger partial charge >= 0.3 is 0 Å². The Morgan fingerprint density at radius 3 is 2.54 bits per heavy atom. The highest BCUT2D eigenvalue weighted by Gasteiger charge is 2.29. The summed E-state index contributed by atoms with van der Waals surface area (Å²) in [5, 5.41) is 4.01. The monoisotopic (exact) mass is 358 g/mol. The summed E-state index contributed by atoms with van der Waals surface area (Å²) in [6.45, 7) is 0.470. The topological polar surface area (TPSA) is 46.3 Å². The molecule has 7 heteroatoms. The smallest absolute Gasteiger partial charge is 0.257 e. The number of fused-ring (bicyclic) bond motifs is 1. The van der Waals surface area contributed by atoms with Crippen molar-refractivity contribution in [2.75, 3.05) is 6.54 Å². The van der Waals surface area contributed by atoms with Gasteiger partial charge in [-0.1, -0.05) is 5.16 Å². The molecule has 0 bridgehead atoms. The predicted octanol–water partition coefficient (Wildman–Crippen LogP) is 3.96. The lowest BCUT2D eigenvalue weighted by molar-refractivity contribution is 0.0729. The highest BCUT2D eigenvalue weighted by atomic mass is 19.1. The number of carbonyl (C=O) groups is 1. The third-order valence-corrected chi connectivity index (χ3v) is 4.39. The minimum absolute atomic E-state index is 0.153. The van der Waals surface area contributed by atoms with Crippen molar-refractivity contribution in [3.05, 3.63) is 76.7 Å². The SMILES string of the molecule is O=C(c1cc(F)ccc1F)N1CCc2noc(-c3ccc(F)cc3)c2C1. The maximum atomic E-state index is 13.9. The molecule has 0 atom stereocenters. The fourth-order valence-corrected chi connectivity index (χ4v) is 3.05. The van der Waals surface area contributed by atoms with Crippen LogP contribution in [0.25, 0.3) is 11.3 Å². The summed E-state index contributed by atoms with van der Waals surface area (Å²) in [6.07, 6.45) is 0.433. The third kappa shape index (κ3) is 2.85. The van der Waals surface area contributed by atoms with Crippen molar-refractivity contribution in [3.8, 4) is 11.3 Å². The van der Waals surface area contributed by atoms with Crippen LogP contribution in [0.1, 0.15) is 21.6 Å². The van der Waals surface area contributed by atoms with Crippen LogP contribution in [0.4, 0.5) is 13.2 Å². The molecule has 1 aromatic heterocycles. The van der Waals surface area contributed by atoms with Crippen LogP contribution in [0.2, 0.25) is 0 Å². The van der Waals surface area contributed by atoms with Gasteiger partial charge in [0.2, 0.25) is 0 Å². The maximum absolute atomic E-state index is 13.9. The summed E-state index contributed by atoms with van der Waals surface area (Å²) in [6, 6.07) is 8.51. The average molecular weight is 358 g/mol. The number of halogens is 3. The zero-order valence-corrected chi connectivity index (χ0v) is 13.5. The summed E-state index contributed by atoms with van der Waals surface area (Å²) in [5.74, 6) is -1.98. The van der Waals surface area contributed by atoms with E-state index in [1.54, 1.807) is 12.1 Å². The van der Waals surface area contributed by atoms with Crippen molar-refractivity contribution >= 4 is 5.91 Å². The lowest BCUT2D eigenvalue weighted by atomic mass is 10.0. The summed E-state index contributed by atoms with van der Waals surface area (Å²) in [5.41, 5.74) is 1.71. The Morgan fingerprint density at radius 1 is 1.04 bits per heavy atom. The number of amides is 1. The van der Waals surface area contributed by atoms with Crippen molar-refractivity contribution in [2.24, 2.45) is 0 Å². The second-order valence-electron chi connectivity index (χ2n) is 6.04. The third-order valence-electron chi connectivity index (χ3n) is 4.39. The van der Waals surface area contributed by atoms with Gasteiger partial charge in [-0.2, -0.15) is 0 Å². The highest BCUT2D eigenvalue weighted by Crippen LogP contribution is 2.31. The second-order valence-corrected chi connectivity index (χ2v) is 6.04. The number of nitrogens with zero attached hydrogens (tertiary/aromatic N) is 2.